The zero-order valence-corrected chi connectivity index (χ0v) is 11.2. The molecule has 4 nitrogen and oxygen atoms in total. The number of piperidine rings is 1. The maximum Gasteiger partial charge on any atom is 0.322 e. The lowest BCUT2D eigenvalue weighted by Gasteiger charge is -2.35. The van der Waals surface area contributed by atoms with Crippen LogP contribution in [0.1, 0.15) is 19.3 Å². The van der Waals surface area contributed by atoms with E-state index >= 15 is 0 Å². The average Bonchev–Trinajstić information content (AvgIpc) is 2.42. The van der Waals surface area contributed by atoms with Crippen LogP contribution in [0.2, 0.25) is 0 Å². The van der Waals surface area contributed by atoms with E-state index in [4.69, 9.17) is 0 Å². The summed E-state index contributed by atoms with van der Waals surface area (Å²) in [5.41, 5.74) is 0.237. The third kappa shape index (κ3) is 3.44. The number of likely N-dealkylation sites (tertiary alicyclic amines) is 1. The lowest BCUT2D eigenvalue weighted by molar-refractivity contribution is 0.162. The Balaban J connectivity index is 2.03. The number of para-hydroxylation sites is 1. The van der Waals surface area contributed by atoms with Crippen LogP contribution >= 0.6 is 0 Å². The van der Waals surface area contributed by atoms with Gasteiger partial charge in [-0.2, -0.15) is 0 Å². The van der Waals surface area contributed by atoms with Gasteiger partial charge in [-0.25, -0.2) is 9.18 Å². The minimum atomic E-state index is -0.405. The van der Waals surface area contributed by atoms with Crippen molar-refractivity contribution in [1.29, 1.82) is 0 Å². The van der Waals surface area contributed by atoms with Gasteiger partial charge in [-0.3, -0.25) is 0 Å². The van der Waals surface area contributed by atoms with Crippen molar-refractivity contribution in [2.24, 2.45) is 0 Å². The van der Waals surface area contributed by atoms with Gasteiger partial charge in [-0.15, -0.1) is 0 Å². The second-order valence-electron chi connectivity index (χ2n) is 4.81. The Hall–Kier alpha value is -1.62. The molecule has 0 spiro atoms. The monoisotopic (exact) mass is 265 g/mol. The number of carbonyl (C=O) groups excluding carboxylic acids is 1. The molecule has 1 unspecified atom stereocenters. The first kappa shape index (κ1) is 13.8. The Bertz CT molecular complexity index is 436. The molecular weight excluding hydrogens is 245 g/mol. The first-order valence-electron chi connectivity index (χ1n) is 6.69. The third-order valence-electron chi connectivity index (χ3n) is 3.44. The second kappa shape index (κ2) is 6.52. The van der Waals surface area contributed by atoms with Gasteiger partial charge in [0.2, 0.25) is 0 Å². The van der Waals surface area contributed by atoms with Gasteiger partial charge >= 0.3 is 6.03 Å². The Kier molecular flexibility index (Phi) is 4.74. The molecule has 2 rings (SSSR count). The number of benzene rings is 1. The van der Waals surface area contributed by atoms with Crippen molar-refractivity contribution < 1.29 is 9.18 Å². The highest BCUT2D eigenvalue weighted by Gasteiger charge is 2.26. The van der Waals surface area contributed by atoms with Crippen molar-refractivity contribution in [1.82, 2.24) is 10.2 Å². The minimum absolute atomic E-state index is 0.186. The summed E-state index contributed by atoms with van der Waals surface area (Å²) in [6.07, 6.45) is 3.13. The number of carbonyl (C=O) groups is 1. The summed E-state index contributed by atoms with van der Waals surface area (Å²) in [6, 6.07) is 6.20. The molecule has 2 N–H and O–H groups in total. The minimum Gasteiger partial charge on any atom is -0.320 e. The fourth-order valence-corrected chi connectivity index (χ4v) is 2.47. The van der Waals surface area contributed by atoms with Crippen LogP contribution in [0.4, 0.5) is 14.9 Å². The van der Waals surface area contributed by atoms with Crippen molar-refractivity contribution in [3.63, 3.8) is 0 Å². The Morgan fingerprint density at radius 3 is 2.95 bits per heavy atom. The number of halogens is 1. The lowest BCUT2D eigenvalue weighted by atomic mass is 10.0. The van der Waals surface area contributed by atoms with E-state index in [1.165, 1.54) is 6.07 Å². The van der Waals surface area contributed by atoms with Crippen molar-refractivity contribution >= 4 is 11.7 Å². The van der Waals surface area contributed by atoms with Crippen LogP contribution in [-0.2, 0) is 0 Å². The topological polar surface area (TPSA) is 44.4 Å². The molecule has 2 amide bonds. The maximum absolute atomic E-state index is 13.5. The number of anilines is 1. The van der Waals surface area contributed by atoms with E-state index in [1.807, 2.05) is 7.05 Å². The maximum atomic E-state index is 13.5. The molecule has 5 heteroatoms. The van der Waals surface area contributed by atoms with Crippen LogP contribution in [0.25, 0.3) is 0 Å². The molecule has 1 aliphatic heterocycles. The fourth-order valence-electron chi connectivity index (χ4n) is 2.47. The highest BCUT2D eigenvalue weighted by Crippen LogP contribution is 2.19. The third-order valence-corrected chi connectivity index (χ3v) is 3.44. The van der Waals surface area contributed by atoms with Gasteiger partial charge in [0.05, 0.1) is 5.69 Å². The lowest BCUT2D eigenvalue weighted by Crippen LogP contribution is -2.49. The van der Waals surface area contributed by atoms with Crippen molar-refractivity contribution in [3.05, 3.63) is 30.1 Å². The molecular formula is C14H20FN3O. The van der Waals surface area contributed by atoms with Crippen LogP contribution < -0.4 is 10.6 Å². The zero-order valence-electron chi connectivity index (χ0n) is 11.2. The van der Waals surface area contributed by atoms with Crippen molar-refractivity contribution in [2.45, 2.75) is 25.3 Å². The number of nitrogens with one attached hydrogen (secondary N) is 2. The van der Waals surface area contributed by atoms with Crippen LogP contribution in [0.15, 0.2) is 24.3 Å². The first-order chi connectivity index (χ1) is 9.22. The van der Waals surface area contributed by atoms with E-state index in [0.29, 0.717) is 0 Å². The summed E-state index contributed by atoms with van der Waals surface area (Å²) in [4.78, 5) is 14.0. The summed E-state index contributed by atoms with van der Waals surface area (Å²) in [6.45, 7) is 1.50. The van der Waals surface area contributed by atoms with Crippen LogP contribution in [0.5, 0.6) is 0 Å². The van der Waals surface area contributed by atoms with Gasteiger partial charge in [0.1, 0.15) is 5.82 Å². The average molecular weight is 265 g/mol. The van der Waals surface area contributed by atoms with E-state index in [9.17, 15) is 9.18 Å². The fraction of sp³-hybridized carbons (Fsp3) is 0.500. The predicted molar refractivity (Wildman–Crippen MR) is 73.7 cm³/mol. The molecule has 1 saturated heterocycles. The van der Waals surface area contributed by atoms with Gasteiger partial charge in [0, 0.05) is 19.1 Å². The van der Waals surface area contributed by atoms with E-state index in [-0.39, 0.29) is 17.8 Å². The van der Waals surface area contributed by atoms with E-state index in [2.05, 4.69) is 10.6 Å². The largest absolute Gasteiger partial charge is 0.322 e. The molecule has 0 bridgehead atoms. The molecule has 0 saturated carbocycles. The Morgan fingerprint density at radius 1 is 1.42 bits per heavy atom. The summed E-state index contributed by atoms with van der Waals surface area (Å²) >= 11 is 0. The number of hydrogen-bond donors (Lipinski definition) is 2. The normalized spacial score (nSPS) is 19.3. The van der Waals surface area contributed by atoms with Crippen molar-refractivity contribution in [2.75, 3.05) is 25.5 Å². The molecule has 0 aromatic heterocycles. The number of urea groups is 1. The van der Waals surface area contributed by atoms with Gasteiger partial charge in [0.15, 0.2) is 0 Å². The van der Waals surface area contributed by atoms with E-state index < -0.39 is 5.82 Å². The molecule has 0 aliphatic carbocycles. The van der Waals surface area contributed by atoms with Gasteiger partial charge < -0.3 is 15.5 Å². The standard InChI is InChI=1S/C14H20FN3O/c1-16-10-11-6-4-5-9-18(11)14(19)17-13-8-3-2-7-12(13)15/h2-3,7-8,11,16H,4-6,9-10H2,1H3,(H,17,19). The van der Waals surface area contributed by atoms with Crippen LogP contribution in [0, 0.1) is 5.82 Å². The Labute approximate surface area is 113 Å². The number of rotatable bonds is 3. The molecule has 1 fully saturated rings. The highest BCUT2D eigenvalue weighted by molar-refractivity contribution is 5.89. The first-order valence-corrected chi connectivity index (χ1v) is 6.69. The number of likely N-dealkylation sites (N-methyl/N-ethyl adjacent to an activating group) is 1. The molecule has 1 aromatic carbocycles. The van der Waals surface area contributed by atoms with Crippen LogP contribution in [-0.4, -0.2) is 37.1 Å². The van der Waals surface area contributed by atoms with Gasteiger partial charge in [-0.1, -0.05) is 12.1 Å². The number of amides is 2. The molecule has 1 aliphatic rings. The SMILES string of the molecule is CNCC1CCCCN1C(=O)Nc1ccccc1F. The smallest absolute Gasteiger partial charge is 0.320 e. The number of nitrogens with zero attached hydrogens (tertiary/aromatic N) is 1. The molecule has 1 aromatic rings. The highest BCUT2D eigenvalue weighted by atomic mass is 19.1. The second-order valence-corrected chi connectivity index (χ2v) is 4.81. The Morgan fingerprint density at radius 2 is 2.21 bits per heavy atom. The number of hydrogen-bond acceptors (Lipinski definition) is 2. The predicted octanol–water partition coefficient (Wildman–Crippen LogP) is 2.43. The van der Waals surface area contributed by atoms with E-state index in [1.54, 1.807) is 23.1 Å². The summed E-state index contributed by atoms with van der Waals surface area (Å²) < 4.78 is 13.5. The van der Waals surface area contributed by atoms with Crippen LogP contribution in [0.3, 0.4) is 0 Å². The van der Waals surface area contributed by atoms with Gasteiger partial charge in [0.25, 0.3) is 0 Å². The quantitative estimate of drug-likeness (QED) is 0.881. The van der Waals surface area contributed by atoms with E-state index in [0.717, 1.165) is 32.4 Å². The summed E-state index contributed by atoms with van der Waals surface area (Å²) in [5, 5.41) is 5.75. The zero-order chi connectivity index (χ0) is 13.7. The summed E-state index contributed by atoms with van der Waals surface area (Å²) in [5.74, 6) is -0.405. The van der Waals surface area contributed by atoms with Crippen molar-refractivity contribution in [3.8, 4) is 0 Å². The summed E-state index contributed by atoms with van der Waals surface area (Å²) in [7, 11) is 1.88. The molecule has 1 atom stereocenters. The molecule has 19 heavy (non-hydrogen) atoms. The van der Waals surface area contributed by atoms with Gasteiger partial charge in [-0.05, 0) is 38.4 Å². The molecule has 1 heterocycles. The molecule has 0 radical (unpaired) electrons. The molecule has 104 valence electrons.